The Hall–Kier alpha value is -3.97. The van der Waals surface area contributed by atoms with Crippen LogP contribution in [0.25, 0.3) is 10.9 Å². The van der Waals surface area contributed by atoms with E-state index in [4.69, 9.17) is 4.74 Å². The smallest absolute Gasteiger partial charge is 0.270 e. The van der Waals surface area contributed by atoms with Crippen LogP contribution in [0.4, 0.5) is 0 Å². The van der Waals surface area contributed by atoms with E-state index in [9.17, 15) is 9.59 Å². The highest BCUT2D eigenvalue weighted by Gasteiger charge is 2.26. The fraction of sp³-hybridized carbons (Fsp3) is 0.276. The van der Waals surface area contributed by atoms with E-state index in [0.29, 0.717) is 31.7 Å². The van der Waals surface area contributed by atoms with Gasteiger partial charge in [0.05, 0.1) is 0 Å². The number of fused-ring (bicyclic) bond motifs is 2. The molecule has 184 valence electrons. The molecule has 0 unspecified atom stereocenters. The van der Waals surface area contributed by atoms with Gasteiger partial charge in [0, 0.05) is 49.5 Å². The highest BCUT2D eigenvalue weighted by atomic mass is 16.5. The Bertz CT molecular complexity index is 1430. The minimum atomic E-state index is -0.674. The molecule has 0 radical (unpaired) electrons. The number of methoxy groups -OCH3 is 1. The maximum Gasteiger partial charge on any atom is 0.270 e. The summed E-state index contributed by atoms with van der Waals surface area (Å²) in [5, 5.41) is 4.07. The number of benzene rings is 2. The van der Waals surface area contributed by atoms with Gasteiger partial charge in [-0.3, -0.25) is 14.6 Å². The standard InChI is InChI=1S/C29H30N4O3/c1-18-9-10-25-21(13-18)14-26(32-25)29(35)33-12-11-23-22(17-33)15-30-19(2)24(23)16-31-28(34)27(36-3)20-7-5-4-6-8-20/h4-10,13-15,27,32H,11-12,16-17H2,1-3H3,(H,31,34)/t27-/m0/s1. The number of nitrogens with one attached hydrogen (secondary N) is 2. The number of nitrogens with zero attached hydrogens (tertiary/aromatic N) is 2. The second-order valence-electron chi connectivity index (χ2n) is 9.32. The van der Waals surface area contributed by atoms with Crippen molar-refractivity contribution in [2.24, 2.45) is 0 Å². The molecule has 5 rings (SSSR count). The molecule has 2 aromatic carbocycles. The summed E-state index contributed by atoms with van der Waals surface area (Å²) in [6.45, 7) is 5.46. The van der Waals surface area contributed by atoms with Gasteiger partial charge in [-0.1, -0.05) is 42.0 Å². The third-order valence-electron chi connectivity index (χ3n) is 6.91. The number of amides is 2. The lowest BCUT2D eigenvalue weighted by Gasteiger charge is -2.30. The number of hydrogen-bond acceptors (Lipinski definition) is 4. The molecule has 0 spiro atoms. The third kappa shape index (κ3) is 4.62. The van der Waals surface area contributed by atoms with E-state index in [-0.39, 0.29) is 11.8 Å². The number of aromatic amines is 1. The van der Waals surface area contributed by atoms with E-state index in [1.165, 1.54) is 7.11 Å². The van der Waals surface area contributed by atoms with E-state index in [2.05, 4.69) is 21.4 Å². The Morgan fingerprint density at radius 2 is 1.94 bits per heavy atom. The summed E-state index contributed by atoms with van der Waals surface area (Å²) in [7, 11) is 1.54. The van der Waals surface area contributed by atoms with Crippen LogP contribution < -0.4 is 5.32 Å². The molecular weight excluding hydrogens is 452 g/mol. The van der Waals surface area contributed by atoms with E-state index in [1.807, 2.05) is 73.5 Å². The molecule has 2 aromatic heterocycles. The Morgan fingerprint density at radius 1 is 1.14 bits per heavy atom. The minimum Gasteiger partial charge on any atom is -0.367 e. The molecule has 1 aliphatic rings. The summed E-state index contributed by atoms with van der Waals surface area (Å²) in [6, 6.07) is 17.5. The Labute approximate surface area is 210 Å². The van der Waals surface area contributed by atoms with Crippen molar-refractivity contribution in [3.8, 4) is 0 Å². The van der Waals surface area contributed by atoms with Crippen molar-refractivity contribution in [2.45, 2.75) is 39.5 Å². The van der Waals surface area contributed by atoms with Crippen LogP contribution in [0.15, 0.2) is 60.8 Å². The van der Waals surface area contributed by atoms with Gasteiger partial charge in [0.1, 0.15) is 5.69 Å². The predicted molar refractivity (Wildman–Crippen MR) is 138 cm³/mol. The van der Waals surface area contributed by atoms with Gasteiger partial charge >= 0.3 is 0 Å². The summed E-state index contributed by atoms with van der Waals surface area (Å²) in [5.41, 5.74) is 7.60. The first-order valence-corrected chi connectivity index (χ1v) is 12.1. The first-order valence-electron chi connectivity index (χ1n) is 12.1. The average Bonchev–Trinajstić information content (AvgIpc) is 3.31. The van der Waals surface area contributed by atoms with Crippen molar-refractivity contribution in [2.75, 3.05) is 13.7 Å². The predicted octanol–water partition coefficient (Wildman–Crippen LogP) is 4.38. The third-order valence-corrected chi connectivity index (χ3v) is 6.91. The number of aryl methyl sites for hydroxylation is 2. The Balaban J connectivity index is 1.31. The van der Waals surface area contributed by atoms with Crippen LogP contribution in [0.3, 0.4) is 0 Å². The first-order chi connectivity index (χ1) is 17.4. The summed E-state index contributed by atoms with van der Waals surface area (Å²) < 4.78 is 5.47. The zero-order chi connectivity index (χ0) is 25.2. The maximum atomic E-state index is 13.3. The Kier molecular flexibility index (Phi) is 6.57. The topological polar surface area (TPSA) is 87.3 Å². The molecule has 7 heteroatoms. The number of carbonyl (C=O) groups is 2. The number of carbonyl (C=O) groups excluding carboxylic acids is 2. The number of aromatic nitrogens is 2. The van der Waals surface area contributed by atoms with Gasteiger partial charge in [-0.2, -0.15) is 0 Å². The van der Waals surface area contributed by atoms with Gasteiger partial charge in [0.2, 0.25) is 0 Å². The lowest BCUT2D eigenvalue weighted by molar-refractivity contribution is -0.131. The second-order valence-corrected chi connectivity index (χ2v) is 9.32. The van der Waals surface area contributed by atoms with Gasteiger partial charge < -0.3 is 19.9 Å². The van der Waals surface area contributed by atoms with E-state index >= 15 is 0 Å². The largest absolute Gasteiger partial charge is 0.367 e. The maximum absolute atomic E-state index is 13.3. The zero-order valence-electron chi connectivity index (χ0n) is 20.8. The zero-order valence-corrected chi connectivity index (χ0v) is 20.8. The molecule has 7 nitrogen and oxygen atoms in total. The average molecular weight is 483 g/mol. The van der Waals surface area contributed by atoms with Crippen LogP contribution in [0, 0.1) is 13.8 Å². The quantitative estimate of drug-likeness (QED) is 0.427. The van der Waals surface area contributed by atoms with Crippen LogP contribution in [0.2, 0.25) is 0 Å². The highest BCUT2D eigenvalue weighted by molar-refractivity contribution is 5.98. The molecular formula is C29H30N4O3. The summed E-state index contributed by atoms with van der Waals surface area (Å²) in [6.07, 6.45) is 1.89. The van der Waals surface area contributed by atoms with Gasteiger partial charge in [-0.15, -0.1) is 0 Å². The van der Waals surface area contributed by atoms with Crippen molar-refractivity contribution >= 4 is 22.7 Å². The lowest BCUT2D eigenvalue weighted by Crippen LogP contribution is -2.37. The number of ether oxygens (including phenoxy) is 1. The molecule has 2 N–H and O–H groups in total. The number of rotatable bonds is 6. The van der Waals surface area contributed by atoms with Crippen LogP contribution >= 0.6 is 0 Å². The lowest BCUT2D eigenvalue weighted by atomic mass is 9.94. The van der Waals surface area contributed by atoms with Crippen LogP contribution in [-0.4, -0.2) is 40.3 Å². The summed E-state index contributed by atoms with van der Waals surface area (Å²) in [5.74, 6) is -0.210. The normalized spacial score (nSPS) is 13.9. The highest BCUT2D eigenvalue weighted by Crippen LogP contribution is 2.26. The number of H-pyrrole nitrogens is 1. The molecule has 4 aromatic rings. The minimum absolute atomic E-state index is 0.0178. The van der Waals surface area contributed by atoms with Crippen molar-refractivity contribution in [1.82, 2.24) is 20.2 Å². The summed E-state index contributed by atoms with van der Waals surface area (Å²) in [4.78, 5) is 35.9. The van der Waals surface area contributed by atoms with Gasteiger partial charge in [-0.05, 0) is 60.7 Å². The molecule has 0 bridgehead atoms. The van der Waals surface area contributed by atoms with Crippen molar-refractivity contribution in [3.05, 3.63) is 100.0 Å². The van der Waals surface area contributed by atoms with E-state index in [0.717, 1.165) is 44.4 Å². The molecule has 1 aliphatic heterocycles. The molecule has 2 amide bonds. The van der Waals surface area contributed by atoms with Gasteiger partial charge in [0.15, 0.2) is 6.10 Å². The Morgan fingerprint density at radius 3 is 2.72 bits per heavy atom. The van der Waals surface area contributed by atoms with Gasteiger partial charge in [-0.25, -0.2) is 0 Å². The molecule has 0 fully saturated rings. The van der Waals surface area contributed by atoms with Crippen molar-refractivity contribution < 1.29 is 14.3 Å². The van der Waals surface area contributed by atoms with Crippen molar-refractivity contribution in [3.63, 3.8) is 0 Å². The van der Waals surface area contributed by atoms with Crippen molar-refractivity contribution in [1.29, 1.82) is 0 Å². The fourth-order valence-electron chi connectivity index (χ4n) is 4.96. The molecule has 0 saturated carbocycles. The first kappa shape index (κ1) is 23.8. The fourth-order valence-corrected chi connectivity index (χ4v) is 4.96. The molecule has 1 atom stereocenters. The van der Waals surface area contributed by atoms with Crippen LogP contribution in [-0.2, 0) is 29.0 Å². The molecule has 0 aliphatic carbocycles. The monoisotopic (exact) mass is 482 g/mol. The molecule has 3 heterocycles. The summed E-state index contributed by atoms with van der Waals surface area (Å²) >= 11 is 0. The van der Waals surface area contributed by atoms with E-state index in [1.54, 1.807) is 0 Å². The SMILES string of the molecule is CO[C@H](C(=O)NCc1c(C)ncc2c1CCN(C(=O)c1cc3cc(C)ccc3[nH]1)C2)c1ccccc1. The molecule has 36 heavy (non-hydrogen) atoms. The van der Waals surface area contributed by atoms with Crippen LogP contribution in [0.5, 0.6) is 0 Å². The van der Waals surface area contributed by atoms with Gasteiger partial charge in [0.25, 0.3) is 11.8 Å². The van der Waals surface area contributed by atoms with Crippen LogP contribution in [0.1, 0.15) is 50.1 Å². The molecule has 0 saturated heterocycles. The second kappa shape index (κ2) is 9.95. The number of hydrogen-bond donors (Lipinski definition) is 2. The number of pyridine rings is 1. The van der Waals surface area contributed by atoms with E-state index < -0.39 is 6.10 Å².